The van der Waals surface area contributed by atoms with Crippen LogP contribution in [0.1, 0.15) is 16.1 Å². The summed E-state index contributed by atoms with van der Waals surface area (Å²) in [5.74, 6) is -1.14. The highest BCUT2D eigenvalue weighted by Crippen LogP contribution is 2.27. The van der Waals surface area contributed by atoms with Crippen molar-refractivity contribution < 1.29 is 9.90 Å². The van der Waals surface area contributed by atoms with E-state index in [9.17, 15) is 4.79 Å². The summed E-state index contributed by atoms with van der Waals surface area (Å²) in [4.78, 5) is 14.1. The molecule has 1 N–H and O–H groups in total. The fraction of sp³-hybridized carbons (Fsp3) is 0.143. The SMILES string of the molecule is O=C(O)c1ncc(Cl)c(CCl)c1Cl. The van der Waals surface area contributed by atoms with Crippen LogP contribution in [0.25, 0.3) is 0 Å². The average Bonchev–Trinajstić information content (AvgIpc) is 2.04. The van der Waals surface area contributed by atoms with Gasteiger partial charge in [0.25, 0.3) is 0 Å². The summed E-state index contributed by atoms with van der Waals surface area (Å²) in [5.41, 5.74) is 0.152. The number of carbonyl (C=O) groups is 1. The zero-order valence-corrected chi connectivity index (χ0v) is 8.49. The van der Waals surface area contributed by atoms with Crippen LogP contribution >= 0.6 is 34.8 Å². The van der Waals surface area contributed by atoms with Gasteiger partial charge in [0.05, 0.1) is 15.9 Å². The number of pyridine rings is 1. The fourth-order valence-corrected chi connectivity index (χ4v) is 1.75. The van der Waals surface area contributed by atoms with Gasteiger partial charge in [0.1, 0.15) is 0 Å². The van der Waals surface area contributed by atoms with E-state index in [0.29, 0.717) is 5.56 Å². The lowest BCUT2D eigenvalue weighted by Gasteiger charge is -2.04. The van der Waals surface area contributed by atoms with E-state index in [-0.39, 0.29) is 21.6 Å². The molecule has 1 rings (SSSR count). The number of aromatic carboxylic acids is 1. The van der Waals surface area contributed by atoms with Crippen LogP contribution in [0.4, 0.5) is 0 Å². The van der Waals surface area contributed by atoms with Gasteiger partial charge in [-0.15, -0.1) is 11.6 Å². The number of rotatable bonds is 2. The predicted molar refractivity (Wildman–Crippen MR) is 50.8 cm³/mol. The van der Waals surface area contributed by atoms with Gasteiger partial charge in [-0.05, 0) is 0 Å². The van der Waals surface area contributed by atoms with Crippen molar-refractivity contribution >= 4 is 40.8 Å². The molecule has 0 spiro atoms. The van der Waals surface area contributed by atoms with Crippen LogP contribution in [-0.2, 0) is 5.88 Å². The molecular formula is C7H4Cl3NO2. The molecule has 0 bridgehead atoms. The molecule has 0 radical (unpaired) electrons. The zero-order valence-electron chi connectivity index (χ0n) is 6.22. The molecule has 0 aromatic carbocycles. The average molecular weight is 240 g/mol. The van der Waals surface area contributed by atoms with E-state index in [4.69, 9.17) is 39.9 Å². The van der Waals surface area contributed by atoms with Crippen LogP contribution in [0.15, 0.2) is 6.20 Å². The highest BCUT2D eigenvalue weighted by atomic mass is 35.5. The molecule has 0 unspecified atom stereocenters. The second-order valence-electron chi connectivity index (χ2n) is 2.19. The molecule has 0 saturated carbocycles. The first-order valence-corrected chi connectivity index (χ1v) is 4.49. The normalized spacial score (nSPS) is 10.1. The molecule has 1 heterocycles. The maximum atomic E-state index is 10.6. The predicted octanol–water partition coefficient (Wildman–Crippen LogP) is 2.83. The van der Waals surface area contributed by atoms with Gasteiger partial charge in [-0.1, -0.05) is 23.2 Å². The molecule has 3 nitrogen and oxygen atoms in total. The minimum atomic E-state index is -1.20. The van der Waals surface area contributed by atoms with Gasteiger partial charge in [-0.2, -0.15) is 0 Å². The first kappa shape index (κ1) is 10.6. The van der Waals surface area contributed by atoms with E-state index in [1.165, 1.54) is 6.20 Å². The number of carboxylic acid groups (broad SMARTS) is 1. The molecule has 0 aliphatic carbocycles. The molecular weight excluding hydrogens is 236 g/mol. The third kappa shape index (κ3) is 2.05. The van der Waals surface area contributed by atoms with Crippen molar-refractivity contribution in [1.82, 2.24) is 4.98 Å². The lowest BCUT2D eigenvalue weighted by Crippen LogP contribution is -2.03. The largest absolute Gasteiger partial charge is 0.476 e. The van der Waals surface area contributed by atoms with Crippen LogP contribution in [0.3, 0.4) is 0 Å². The third-order valence-corrected chi connectivity index (χ3v) is 2.40. The highest BCUT2D eigenvalue weighted by Gasteiger charge is 2.16. The third-order valence-electron chi connectivity index (χ3n) is 1.40. The van der Waals surface area contributed by atoms with E-state index in [1.807, 2.05) is 0 Å². The van der Waals surface area contributed by atoms with E-state index in [0.717, 1.165) is 0 Å². The molecule has 13 heavy (non-hydrogen) atoms. The van der Waals surface area contributed by atoms with E-state index in [2.05, 4.69) is 4.98 Å². The lowest BCUT2D eigenvalue weighted by atomic mass is 10.2. The Morgan fingerprint density at radius 2 is 2.15 bits per heavy atom. The van der Waals surface area contributed by atoms with Gasteiger partial charge < -0.3 is 5.11 Å². The Labute approximate surface area is 89.2 Å². The maximum absolute atomic E-state index is 10.6. The summed E-state index contributed by atoms with van der Waals surface area (Å²) in [6, 6.07) is 0. The zero-order chi connectivity index (χ0) is 10.0. The van der Waals surface area contributed by atoms with Gasteiger partial charge >= 0.3 is 5.97 Å². The van der Waals surface area contributed by atoms with Crippen LogP contribution < -0.4 is 0 Å². The summed E-state index contributed by atoms with van der Waals surface area (Å²) in [5, 5.41) is 8.91. The summed E-state index contributed by atoms with van der Waals surface area (Å²) >= 11 is 16.9. The Hall–Kier alpha value is -0.510. The lowest BCUT2D eigenvalue weighted by molar-refractivity contribution is 0.0690. The van der Waals surface area contributed by atoms with Crippen molar-refractivity contribution in [1.29, 1.82) is 0 Å². The fourth-order valence-electron chi connectivity index (χ4n) is 0.775. The molecule has 6 heteroatoms. The second kappa shape index (κ2) is 4.13. The van der Waals surface area contributed by atoms with Crippen molar-refractivity contribution in [3.8, 4) is 0 Å². The summed E-state index contributed by atoms with van der Waals surface area (Å²) in [6.07, 6.45) is 1.22. The smallest absolute Gasteiger partial charge is 0.356 e. The summed E-state index contributed by atoms with van der Waals surface area (Å²) < 4.78 is 0. The molecule has 70 valence electrons. The Kier molecular flexibility index (Phi) is 3.36. The Morgan fingerprint density at radius 3 is 2.62 bits per heavy atom. The number of halogens is 3. The molecule has 1 aromatic heterocycles. The van der Waals surface area contributed by atoms with Crippen molar-refractivity contribution in [2.45, 2.75) is 5.88 Å². The number of hydrogen-bond acceptors (Lipinski definition) is 2. The van der Waals surface area contributed by atoms with Crippen LogP contribution in [0.2, 0.25) is 10.0 Å². The molecule has 0 atom stereocenters. The number of hydrogen-bond donors (Lipinski definition) is 1. The van der Waals surface area contributed by atoms with Gasteiger partial charge in [-0.3, -0.25) is 0 Å². The highest BCUT2D eigenvalue weighted by molar-refractivity contribution is 6.38. The number of aromatic nitrogens is 1. The first-order valence-electron chi connectivity index (χ1n) is 3.20. The topological polar surface area (TPSA) is 50.2 Å². The van der Waals surface area contributed by atoms with Crippen molar-refractivity contribution in [2.75, 3.05) is 0 Å². The van der Waals surface area contributed by atoms with E-state index >= 15 is 0 Å². The molecule has 1 aromatic rings. The maximum Gasteiger partial charge on any atom is 0.356 e. The van der Waals surface area contributed by atoms with Crippen molar-refractivity contribution in [3.63, 3.8) is 0 Å². The molecule has 0 amide bonds. The van der Waals surface area contributed by atoms with Crippen LogP contribution in [0.5, 0.6) is 0 Å². The van der Waals surface area contributed by atoms with Crippen LogP contribution in [-0.4, -0.2) is 16.1 Å². The Bertz CT molecular complexity index is 354. The van der Waals surface area contributed by atoms with E-state index < -0.39 is 5.97 Å². The summed E-state index contributed by atoms with van der Waals surface area (Å²) in [7, 11) is 0. The minimum Gasteiger partial charge on any atom is -0.476 e. The number of carboxylic acids is 1. The van der Waals surface area contributed by atoms with Gasteiger partial charge in [0, 0.05) is 11.8 Å². The summed E-state index contributed by atoms with van der Waals surface area (Å²) in [6.45, 7) is 0. The Balaban J connectivity index is 3.35. The molecule has 0 saturated heterocycles. The first-order chi connectivity index (χ1) is 6.07. The molecule has 0 aliphatic rings. The standard InChI is InChI=1S/C7H4Cl3NO2/c8-1-3-4(9)2-11-6(5(3)10)7(12)13/h2H,1H2,(H,12,13). The second-order valence-corrected chi connectivity index (χ2v) is 3.24. The van der Waals surface area contributed by atoms with Crippen molar-refractivity contribution in [2.24, 2.45) is 0 Å². The van der Waals surface area contributed by atoms with Gasteiger partial charge in [0.15, 0.2) is 5.69 Å². The molecule has 0 fully saturated rings. The van der Waals surface area contributed by atoms with Crippen molar-refractivity contribution in [3.05, 3.63) is 27.5 Å². The quantitative estimate of drug-likeness (QED) is 0.809. The van der Waals surface area contributed by atoms with Gasteiger partial charge in [0.2, 0.25) is 0 Å². The monoisotopic (exact) mass is 239 g/mol. The molecule has 0 aliphatic heterocycles. The van der Waals surface area contributed by atoms with Gasteiger partial charge in [-0.25, -0.2) is 9.78 Å². The number of nitrogens with zero attached hydrogens (tertiary/aromatic N) is 1. The number of alkyl halides is 1. The van der Waals surface area contributed by atoms with E-state index in [1.54, 1.807) is 0 Å². The Morgan fingerprint density at radius 1 is 1.54 bits per heavy atom. The minimum absolute atomic E-state index is 0.00463. The van der Waals surface area contributed by atoms with Crippen LogP contribution in [0, 0.1) is 0 Å².